The Morgan fingerprint density at radius 2 is 2.00 bits per heavy atom. The van der Waals surface area contributed by atoms with Crippen LogP contribution in [0.5, 0.6) is 11.6 Å². The molecule has 1 aliphatic heterocycles. The van der Waals surface area contributed by atoms with E-state index in [1.165, 1.54) is 24.9 Å². The fourth-order valence-electron chi connectivity index (χ4n) is 3.15. The maximum absolute atomic E-state index is 5.76. The van der Waals surface area contributed by atoms with Gasteiger partial charge in [-0.3, -0.25) is 4.90 Å². The molecule has 0 amide bonds. The Morgan fingerprint density at radius 1 is 1.18 bits per heavy atom. The number of nitrogens with zero attached hydrogens (tertiary/aromatic N) is 2. The molecule has 0 radical (unpaired) electrons. The predicted octanol–water partition coefficient (Wildman–Crippen LogP) is 4.67. The Morgan fingerprint density at radius 3 is 2.68 bits per heavy atom. The van der Waals surface area contributed by atoms with E-state index in [9.17, 15) is 0 Å². The molecule has 0 spiro atoms. The summed E-state index contributed by atoms with van der Waals surface area (Å²) in [4.78, 5) is 7.07. The summed E-state index contributed by atoms with van der Waals surface area (Å²) in [5.41, 5.74) is 1.30. The van der Waals surface area contributed by atoms with E-state index in [1.54, 1.807) is 0 Å². The molecule has 0 bridgehead atoms. The van der Waals surface area contributed by atoms with Crippen molar-refractivity contribution in [1.29, 1.82) is 0 Å². The third-order valence-corrected chi connectivity index (χ3v) is 4.07. The summed E-state index contributed by atoms with van der Waals surface area (Å²) in [6.45, 7) is 6.92. The molecule has 0 unspecified atom stereocenters. The lowest BCUT2D eigenvalue weighted by molar-refractivity contribution is 0.228. The van der Waals surface area contributed by atoms with Crippen LogP contribution in [-0.4, -0.2) is 23.0 Å². The Hall–Kier alpha value is -1.87. The molecule has 1 aliphatic rings. The number of pyridine rings is 1. The van der Waals surface area contributed by atoms with Gasteiger partial charge in [0.2, 0.25) is 5.88 Å². The highest BCUT2D eigenvalue weighted by Crippen LogP contribution is 2.32. The van der Waals surface area contributed by atoms with Gasteiger partial charge in [-0.1, -0.05) is 38.1 Å². The van der Waals surface area contributed by atoms with Crippen molar-refractivity contribution in [2.45, 2.75) is 32.7 Å². The molecule has 1 aromatic carbocycles. The second kappa shape index (κ2) is 6.93. The number of hydrogen-bond donors (Lipinski definition) is 0. The van der Waals surface area contributed by atoms with Crippen molar-refractivity contribution < 1.29 is 4.74 Å². The first-order valence-corrected chi connectivity index (χ1v) is 8.15. The minimum atomic E-state index is 0.515. The first-order chi connectivity index (χ1) is 10.7. The highest BCUT2D eigenvalue weighted by Gasteiger charge is 2.26. The summed E-state index contributed by atoms with van der Waals surface area (Å²) in [5, 5.41) is 0. The van der Waals surface area contributed by atoms with Gasteiger partial charge in [-0.25, -0.2) is 4.98 Å². The zero-order valence-corrected chi connectivity index (χ0v) is 13.4. The predicted molar refractivity (Wildman–Crippen MR) is 89.1 cm³/mol. The molecule has 1 saturated heterocycles. The van der Waals surface area contributed by atoms with E-state index in [-0.39, 0.29) is 0 Å². The summed E-state index contributed by atoms with van der Waals surface area (Å²) >= 11 is 0. The van der Waals surface area contributed by atoms with Gasteiger partial charge in [0.1, 0.15) is 5.75 Å². The number of aromatic nitrogens is 1. The smallest absolute Gasteiger partial charge is 0.219 e. The highest BCUT2D eigenvalue weighted by molar-refractivity contribution is 5.28. The van der Waals surface area contributed by atoms with Crippen LogP contribution in [0.4, 0.5) is 0 Å². The van der Waals surface area contributed by atoms with Crippen molar-refractivity contribution in [1.82, 2.24) is 9.88 Å². The fourth-order valence-corrected chi connectivity index (χ4v) is 3.15. The number of rotatable bonds is 5. The summed E-state index contributed by atoms with van der Waals surface area (Å²) in [7, 11) is 0. The van der Waals surface area contributed by atoms with Crippen LogP contribution in [0.1, 0.15) is 38.3 Å². The molecule has 1 fully saturated rings. The molecule has 3 nitrogen and oxygen atoms in total. The normalized spacial score (nSPS) is 18.8. The van der Waals surface area contributed by atoms with Gasteiger partial charge in [0.05, 0.1) is 0 Å². The molecule has 0 aliphatic carbocycles. The van der Waals surface area contributed by atoms with Crippen LogP contribution < -0.4 is 4.74 Å². The Balaban J connectivity index is 1.68. The minimum Gasteiger partial charge on any atom is -0.439 e. The van der Waals surface area contributed by atoms with Gasteiger partial charge in [-0.15, -0.1) is 0 Å². The van der Waals surface area contributed by atoms with Crippen molar-refractivity contribution in [2.75, 3.05) is 13.1 Å². The van der Waals surface area contributed by atoms with Gasteiger partial charge in [-0.2, -0.15) is 0 Å². The van der Waals surface area contributed by atoms with Crippen molar-refractivity contribution in [3.63, 3.8) is 0 Å². The molecule has 0 saturated carbocycles. The Bertz CT molecular complexity index is 580. The molecular weight excluding hydrogens is 272 g/mol. The minimum absolute atomic E-state index is 0.515. The van der Waals surface area contributed by atoms with Crippen LogP contribution in [0.15, 0.2) is 48.7 Å². The third-order valence-electron chi connectivity index (χ3n) is 4.07. The van der Waals surface area contributed by atoms with Gasteiger partial charge in [0.15, 0.2) is 0 Å². The van der Waals surface area contributed by atoms with Crippen LogP contribution >= 0.6 is 0 Å². The lowest BCUT2D eigenvalue weighted by Gasteiger charge is -2.26. The largest absolute Gasteiger partial charge is 0.439 e. The topological polar surface area (TPSA) is 25.4 Å². The van der Waals surface area contributed by atoms with E-state index in [0.29, 0.717) is 17.8 Å². The third kappa shape index (κ3) is 3.66. The van der Waals surface area contributed by atoms with E-state index < -0.39 is 0 Å². The number of para-hydroxylation sites is 1. The molecule has 1 aromatic heterocycles. The van der Waals surface area contributed by atoms with Crippen molar-refractivity contribution in [2.24, 2.45) is 5.92 Å². The average molecular weight is 296 g/mol. The van der Waals surface area contributed by atoms with Crippen molar-refractivity contribution in [3.8, 4) is 11.6 Å². The summed E-state index contributed by atoms with van der Waals surface area (Å²) in [6.07, 6.45) is 4.48. The lowest BCUT2D eigenvalue weighted by atomic mass is 10.1. The Kier molecular flexibility index (Phi) is 4.74. The van der Waals surface area contributed by atoms with Gasteiger partial charge in [0, 0.05) is 24.8 Å². The highest BCUT2D eigenvalue weighted by atomic mass is 16.5. The molecule has 1 atom stereocenters. The van der Waals surface area contributed by atoms with Gasteiger partial charge >= 0.3 is 0 Å². The van der Waals surface area contributed by atoms with E-state index in [4.69, 9.17) is 4.74 Å². The van der Waals surface area contributed by atoms with Crippen LogP contribution in [0, 0.1) is 5.92 Å². The van der Waals surface area contributed by atoms with Crippen molar-refractivity contribution in [3.05, 3.63) is 54.2 Å². The summed E-state index contributed by atoms with van der Waals surface area (Å²) in [5.74, 6) is 2.18. The Labute approximate surface area is 132 Å². The summed E-state index contributed by atoms with van der Waals surface area (Å²) < 4.78 is 5.76. The second-order valence-corrected chi connectivity index (χ2v) is 6.39. The monoisotopic (exact) mass is 296 g/mol. The van der Waals surface area contributed by atoms with Gasteiger partial charge < -0.3 is 4.74 Å². The van der Waals surface area contributed by atoms with E-state index >= 15 is 0 Å². The van der Waals surface area contributed by atoms with Gasteiger partial charge in [-0.05, 0) is 43.0 Å². The fraction of sp³-hybridized carbons (Fsp3) is 0.421. The van der Waals surface area contributed by atoms with Crippen LogP contribution in [0.25, 0.3) is 0 Å². The van der Waals surface area contributed by atoms with Crippen LogP contribution in [-0.2, 0) is 0 Å². The average Bonchev–Trinajstić information content (AvgIpc) is 2.96. The standard InChI is InChI=1S/C19H24N2O/c1-15(2)14-21-12-6-9-18(21)16-10-11-19(20-13-16)22-17-7-4-3-5-8-17/h3-5,7-8,10-11,13,15,18H,6,9,12,14H2,1-2H3/t18-/m0/s1. The maximum Gasteiger partial charge on any atom is 0.219 e. The molecular formula is C19H24N2O. The van der Waals surface area contributed by atoms with E-state index in [1.807, 2.05) is 42.6 Å². The van der Waals surface area contributed by atoms with E-state index in [0.717, 1.165) is 12.3 Å². The molecule has 0 N–H and O–H groups in total. The molecule has 3 heteroatoms. The number of hydrogen-bond acceptors (Lipinski definition) is 3. The van der Waals surface area contributed by atoms with Crippen LogP contribution in [0.3, 0.4) is 0 Å². The van der Waals surface area contributed by atoms with E-state index in [2.05, 4.69) is 29.8 Å². The molecule has 3 rings (SSSR count). The maximum atomic E-state index is 5.76. The number of benzene rings is 1. The quantitative estimate of drug-likeness (QED) is 0.802. The molecule has 2 heterocycles. The second-order valence-electron chi connectivity index (χ2n) is 6.39. The summed E-state index contributed by atoms with van der Waals surface area (Å²) in [6, 6.07) is 14.4. The number of ether oxygens (including phenoxy) is 1. The zero-order valence-electron chi connectivity index (χ0n) is 13.4. The zero-order chi connectivity index (χ0) is 15.4. The SMILES string of the molecule is CC(C)CN1CCC[C@H]1c1ccc(Oc2ccccc2)nc1. The molecule has 116 valence electrons. The van der Waals surface area contributed by atoms with Crippen molar-refractivity contribution >= 4 is 0 Å². The molecule has 22 heavy (non-hydrogen) atoms. The lowest BCUT2D eigenvalue weighted by Crippen LogP contribution is -2.27. The van der Waals surface area contributed by atoms with Gasteiger partial charge in [0.25, 0.3) is 0 Å². The van der Waals surface area contributed by atoms with Crippen LogP contribution in [0.2, 0.25) is 0 Å². The molecule has 2 aromatic rings. The number of likely N-dealkylation sites (tertiary alicyclic amines) is 1. The first-order valence-electron chi connectivity index (χ1n) is 8.15. The first kappa shape index (κ1) is 15.0.